The number of esters is 1. The van der Waals surface area contributed by atoms with E-state index >= 15 is 0 Å². The second-order valence-electron chi connectivity index (χ2n) is 13.3. The minimum absolute atomic E-state index is 0.0443. The number of carbonyl (C=O) groups is 1. The first-order valence-corrected chi connectivity index (χ1v) is 21.5. The van der Waals surface area contributed by atoms with Gasteiger partial charge in [-0.2, -0.15) is 0 Å². The van der Waals surface area contributed by atoms with Gasteiger partial charge in [-0.1, -0.05) is 153 Å². The lowest BCUT2D eigenvalue weighted by molar-refractivity contribution is -0.154. The highest BCUT2D eigenvalue weighted by atomic mass is 31.2. The third-order valence-corrected chi connectivity index (χ3v) is 9.29. The summed E-state index contributed by atoms with van der Waals surface area (Å²) in [4.78, 5) is 22.5. The molecule has 0 aliphatic heterocycles. The van der Waals surface area contributed by atoms with Crippen molar-refractivity contribution in [2.75, 3.05) is 33.0 Å². The predicted molar refractivity (Wildman–Crippen MR) is 205 cm³/mol. The van der Waals surface area contributed by atoms with Crippen LogP contribution in [-0.2, 0) is 27.9 Å². The van der Waals surface area contributed by atoms with Gasteiger partial charge in [0.05, 0.1) is 26.4 Å². The average molecular weight is 731 g/mol. The van der Waals surface area contributed by atoms with Gasteiger partial charge in [0.1, 0.15) is 12.2 Å². The molecule has 0 saturated heterocycles. The van der Waals surface area contributed by atoms with Crippen molar-refractivity contribution in [2.45, 2.75) is 180 Å². The molecule has 0 bridgehead atoms. The number of aliphatic hydroxyl groups excluding tert-OH is 2. The fourth-order valence-corrected chi connectivity index (χ4v) is 6.10. The second-order valence-corrected chi connectivity index (χ2v) is 14.7. The zero-order valence-corrected chi connectivity index (χ0v) is 32.8. The molecule has 0 saturated carbocycles. The Bertz CT molecular complexity index is 877. The topological polar surface area (TPSA) is 132 Å². The Labute approximate surface area is 305 Å². The first kappa shape index (κ1) is 48.7. The van der Waals surface area contributed by atoms with Gasteiger partial charge in [0.2, 0.25) is 0 Å². The summed E-state index contributed by atoms with van der Waals surface area (Å²) in [7, 11) is -4.52. The minimum atomic E-state index is -4.52. The molecule has 3 N–H and O–H groups in total. The highest BCUT2D eigenvalue weighted by Crippen LogP contribution is 2.43. The highest BCUT2D eigenvalue weighted by molar-refractivity contribution is 7.47. The molecule has 0 aromatic heterocycles. The maximum Gasteiger partial charge on any atom is 0.472 e. The Morgan fingerprint density at radius 1 is 0.640 bits per heavy atom. The molecule has 0 heterocycles. The van der Waals surface area contributed by atoms with E-state index in [1.54, 1.807) is 0 Å². The monoisotopic (exact) mass is 731 g/mol. The molecular weight excluding hydrogens is 655 g/mol. The van der Waals surface area contributed by atoms with E-state index in [4.69, 9.17) is 23.6 Å². The lowest BCUT2D eigenvalue weighted by Gasteiger charge is -2.20. The van der Waals surface area contributed by atoms with Crippen molar-refractivity contribution in [1.29, 1.82) is 0 Å². The van der Waals surface area contributed by atoms with E-state index in [1.165, 1.54) is 77.0 Å². The molecule has 0 spiro atoms. The molecule has 0 aromatic carbocycles. The first-order chi connectivity index (χ1) is 24.3. The van der Waals surface area contributed by atoms with E-state index in [9.17, 15) is 19.4 Å². The molecule has 10 heteroatoms. The smallest absolute Gasteiger partial charge is 0.457 e. The van der Waals surface area contributed by atoms with Gasteiger partial charge < -0.3 is 24.6 Å². The number of aliphatic hydroxyl groups is 2. The lowest BCUT2D eigenvalue weighted by Crippen LogP contribution is -2.29. The zero-order valence-electron chi connectivity index (χ0n) is 31.9. The fourth-order valence-electron chi connectivity index (χ4n) is 5.31. The summed E-state index contributed by atoms with van der Waals surface area (Å²) in [5.74, 6) is -0.399. The average Bonchev–Trinajstić information content (AvgIpc) is 3.10. The maximum atomic E-state index is 12.6. The largest absolute Gasteiger partial charge is 0.472 e. The van der Waals surface area contributed by atoms with Crippen molar-refractivity contribution >= 4 is 13.8 Å². The van der Waals surface area contributed by atoms with Crippen LogP contribution in [0.15, 0.2) is 36.5 Å². The minimum Gasteiger partial charge on any atom is -0.457 e. The van der Waals surface area contributed by atoms with Crippen molar-refractivity contribution < 1.29 is 43.0 Å². The molecule has 3 atom stereocenters. The fraction of sp³-hybridized carbons (Fsp3) is 0.825. The summed E-state index contributed by atoms with van der Waals surface area (Å²) >= 11 is 0. The number of phosphoric ester groups is 1. The van der Waals surface area contributed by atoms with E-state index < -0.39 is 39.2 Å². The van der Waals surface area contributed by atoms with Gasteiger partial charge >= 0.3 is 13.8 Å². The molecular formula is C40H75O9P. The van der Waals surface area contributed by atoms with Crippen LogP contribution in [0.3, 0.4) is 0 Å². The Kier molecular flexibility index (Phi) is 36.4. The van der Waals surface area contributed by atoms with Crippen molar-refractivity contribution in [3.8, 4) is 0 Å². The Balaban J connectivity index is 4.23. The Hall–Kier alpha value is -1.32. The number of carbonyl (C=O) groups excluding carboxylic acids is 1. The third-order valence-electron chi connectivity index (χ3n) is 8.34. The Morgan fingerprint density at radius 2 is 1.14 bits per heavy atom. The number of hydrogen-bond acceptors (Lipinski definition) is 8. The van der Waals surface area contributed by atoms with Crippen LogP contribution in [0, 0.1) is 0 Å². The maximum absolute atomic E-state index is 12.6. The number of ether oxygens (including phenoxy) is 2. The summed E-state index contributed by atoms with van der Waals surface area (Å²) in [5, 5.41) is 18.3. The number of unbranched alkanes of at least 4 members (excludes halogenated alkanes) is 18. The lowest BCUT2D eigenvalue weighted by atomic mass is 10.0. The standard InChI is InChI=1S/C40H75O9P/c1-3-5-7-9-11-13-15-17-19-20-22-24-26-28-30-32-40(43)49-39(37-48-50(44,45)47-35-38(42)34-41)36-46-33-31-29-27-25-23-21-18-16-14-12-10-8-6-4-2/h5,7,11,13,17,19,38-39,41-42H,3-4,6,8-10,12,14-16,18,20-37H2,1-2H3,(H,44,45)/b7-5-,13-11-,19-17-/t38-,39+/m0/s1. The van der Waals surface area contributed by atoms with Crippen LogP contribution < -0.4 is 0 Å². The van der Waals surface area contributed by atoms with Crippen LogP contribution in [0.5, 0.6) is 0 Å². The zero-order chi connectivity index (χ0) is 36.8. The van der Waals surface area contributed by atoms with E-state index in [0.29, 0.717) is 13.0 Å². The van der Waals surface area contributed by atoms with E-state index in [-0.39, 0.29) is 19.6 Å². The number of phosphoric acid groups is 1. The quantitative estimate of drug-likeness (QED) is 0.0246. The molecule has 294 valence electrons. The molecule has 0 rings (SSSR count). The summed E-state index contributed by atoms with van der Waals surface area (Å²) in [5.41, 5.74) is 0. The summed E-state index contributed by atoms with van der Waals surface area (Å²) in [6.45, 7) is 3.39. The normalized spacial score (nSPS) is 14.6. The summed E-state index contributed by atoms with van der Waals surface area (Å²) < 4.78 is 33.3. The van der Waals surface area contributed by atoms with Crippen molar-refractivity contribution in [3.05, 3.63) is 36.5 Å². The van der Waals surface area contributed by atoms with Crippen molar-refractivity contribution in [2.24, 2.45) is 0 Å². The van der Waals surface area contributed by atoms with Crippen LogP contribution in [0.1, 0.15) is 168 Å². The molecule has 0 aromatic rings. The summed E-state index contributed by atoms with van der Waals surface area (Å²) in [6.07, 6.45) is 38.1. The van der Waals surface area contributed by atoms with E-state index in [0.717, 1.165) is 64.2 Å². The van der Waals surface area contributed by atoms with Gasteiger partial charge in [-0.25, -0.2) is 4.57 Å². The van der Waals surface area contributed by atoms with Gasteiger partial charge in [-0.15, -0.1) is 0 Å². The summed E-state index contributed by atoms with van der Waals surface area (Å²) in [6, 6.07) is 0. The van der Waals surface area contributed by atoms with Gasteiger partial charge in [0.15, 0.2) is 0 Å². The van der Waals surface area contributed by atoms with E-state index in [2.05, 4.69) is 50.3 Å². The van der Waals surface area contributed by atoms with Crippen molar-refractivity contribution in [1.82, 2.24) is 0 Å². The first-order valence-electron chi connectivity index (χ1n) is 20.0. The van der Waals surface area contributed by atoms with E-state index in [1.807, 2.05) is 0 Å². The molecule has 0 amide bonds. The number of rotatable bonds is 38. The molecule has 50 heavy (non-hydrogen) atoms. The molecule has 0 radical (unpaired) electrons. The highest BCUT2D eigenvalue weighted by Gasteiger charge is 2.26. The van der Waals surface area contributed by atoms with Crippen LogP contribution in [-0.4, -0.2) is 66.3 Å². The molecule has 0 fully saturated rings. The second kappa shape index (κ2) is 37.4. The van der Waals surface area contributed by atoms with Crippen LogP contribution in [0.2, 0.25) is 0 Å². The molecule has 0 aliphatic rings. The molecule has 0 aliphatic carbocycles. The van der Waals surface area contributed by atoms with Crippen LogP contribution in [0.25, 0.3) is 0 Å². The van der Waals surface area contributed by atoms with Gasteiger partial charge in [-0.3, -0.25) is 13.8 Å². The van der Waals surface area contributed by atoms with Gasteiger partial charge in [0.25, 0.3) is 0 Å². The Morgan fingerprint density at radius 3 is 1.72 bits per heavy atom. The van der Waals surface area contributed by atoms with Crippen molar-refractivity contribution in [3.63, 3.8) is 0 Å². The van der Waals surface area contributed by atoms with Gasteiger partial charge in [0, 0.05) is 13.0 Å². The number of hydrogen-bond donors (Lipinski definition) is 3. The third kappa shape index (κ3) is 36.5. The predicted octanol–water partition coefficient (Wildman–Crippen LogP) is 10.5. The molecule has 9 nitrogen and oxygen atoms in total. The van der Waals surface area contributed by atoms with Crippen LogP contribution >= 0.6 is 7.82 Å². The molecule has 1 unspecified atom stereocenters. The van der Waals surface area contributed by atoms with Crippen LogP contribution in [0.4, 0.5) is 0 Å². The number of allylic oxidation sites excluding steroid dienone is 6. The van der Waals surface area contributed by atoms with Gasteiger partial charge in [-0.05, 0) is 44.9 Å². The SMILES string of the molecule is CC/C=C\C/C=C\C/C=C\CCCCCCCC(=O)O[C@H](COCCCCCCCCCCCCCCCC)COP(=O)(O)OC[C@@H](O)CO.